The van der Waals surface area contributed by atoms with Gasteiger partial charge in [0, 0.05) is 42.7 Å². The maximum Gasteiger partial charge on any atom is 0.0801 e. The van der Waals surface area contributed by atoms with Crippen molar-refractivity contribution in [1.82, 2.24) is 14.7 Å². The zero-order chi connectivity index (χ0) is 23.3. The molecule has 0 aromatic heterocycles. The molecular weight excluding hydrogens is 426 g/mol. The van der Waals surface area contributed by atoms with Crippen LogP contribution >= 0.6 is 36.7 Å². The Kier molecular flexibility index (Phi) is 10.2. The Hall–Kier alpha value is -0.330. The quantitative estimate of drug-likeness (QED) is 0.364. The molecule has 0 radical (unpaired) electrons. The van der Waals surface area contributed by atoms with Crippen molar-refractivity contribution in [2.75, 3.05) is 19.6 Å². The maximum absolute atomic E-state index is 5.30. The fourth-order valence-corrected chi connectivity index (χ4v) is 5.37. The van der Waals surface area contributed by atoms with Crippen molar-refractivity contribution in [2.45, 2.75) is 117 Å². The number of hydrogen-bond donors (Lipinski definition) is 0. The van der Waals surface area contributed by atoms with Gasteiger partial charge in [0.05, 0.1) is 15.0 Å². The first-order chi connectivity index (χ1) is 13.5. The summed E-state index contributed by atoms with van der Waals surface area (Å²) >= 11 is 15.6. The number of rotatable bonds is 0. The van der Waals surface area contributed by atoms with E-state index in [0.717, 1.165) is 53.9 Å². The zero-order valence-electron chi connectivity index (χ0n) is 20.9. The number of hydrogen-bond acceptors (Lipinski definition) is 3. The highest BCUT2D eigenvalue weighted by molar-refractivity contribution is 7.80. The van der Waals surface area contributed by atoms with Crippen LogP contribution in [-0.2, 0) is 0 Å². The first-order valence-electron chi connectivity index (χ1n) is 11.5. The van der Waals surface area contributed by atoms with Crippen molar-refractivity contribution in [1.29, 1.82) is 0 Å². The highest BCUT2D eigenvalue weighted by atomic mass is 32.1. The summed E-state index contributed by atoms with van der Waals surface area (Å²) in [6.07, 6.45) is 7.19. The molecule has 0 bridgehead atoms. The predicted molar refractivity (Wildman–Crippen MR) is 145 cm³/mol. The van der Waals surface area contributed by atoms with Crippen molar-refractivity contribution < 1.29 is 0 Å². The predicted octanol–water partition coefficient (Wildman–Crippen LogP) is 6.62. The molecule has 0 N–H and O–H groups in total. The van der Waals surface area contributed by atoms with Crippen LogP contribution in [0.1, 0.15) is 101 Å². The van der Waals surface area contributed by atoms with Gasteiger partial charge in [-0.1, -0.05) is 36.7 Å². The molecule has 3 saturated heterocycles. The lowest BCUT2D eigenvalue weighted by Crippen LogP contribution is -2.53. The summed E-state index contributed by atoms with van der Waals surface area (Å²) in [5, 5.41) is 0. The van der Waals surface area contributed by atoms with E-state index in [2.05, 4.69) is 77.0 Å². The first-order valence-corrected chi connectivity index (χ1v) is 12.7. The third-order valence-electron chi connectivity index (χ3n) is 5.68. The molecule has 3 aliphatic heterocycles. The van der Waals surface area contributed by atoms with Gasteiger partial charge in [-0.3, -0.25) is 0 Å². The topological polar surface area (TPSA) is 9.72 Å². The molecule has 3 nitrogen and oxygen atoms in total. The number of likely N-dealkylation sites (tertiary alicyclic amines) is 3. The van der Waals surface area contributed by atoms with Gasteiger partial charge in [-0.05, 0) is 94.4 Å². The molecule has 0 unspecified atom stereocenters. The van der Waals surface area contributed by atoms with E-state index >= 15 is 0 Å². The normalized spacial score (nSPS) is 20.3. The Balaban J connectivity index is 0.000000226. The second-order valence-electron chi connectivity index (χ2n) is 11.5. The van der Waals surface area contributed by atoms with Crippen LogP contribution < -0.4 is 0 Å². The van der Waals surface area contributed by atoms with Crippen molar-refractivity contribution in [3.05, 3.63) is 0 Å². The van der Waals surface area contributed by atoms with Gasteiger partial charge in [-0.25, -0.2) is 0 Å². The van der Waals surface area contributed by atoms with E-state index in [-0.39, 0.29) is 16.6 Å². The Bertz CT molecular complexity index is 609. The minimum atomic E-state index is 0.234. The third kappa shape index (κ3) is 8.66. The van der Waals surface area contributed by atoms with Crippen molar-refractivity contribution in [3.8, 4) is 0 Å². The van der Waals surface area contributed by atoms with Gasteiger partial charge >= 0.3 is 0 Å². The minimum absolute atomic E-state index is 0.234. The molecule has 3 aliphatic rings. The van der Waals surface area contributed by atoms with Gasteiger partial charge in [0.15, 0.2) is 0 Å². The molecule has 174 valence electrons. The molecule has 0 aromatic rings. The van der Waals surface area contributed by atoms with Gasteiger partial charge in [0.25, 0.3) is 0 Å². The maximum atomic E-state index is 5.30. The van der Waals surface area contributed by atoms with Crippen LogP contribution in [0.4, 0.5) is 0 Å². The average molecular weight is 472 g/mol. The molecule has 0 aliphatic carbocycles. The van der Waals surface area contributed by atoms with E-state index in [1.165, 1.54) is 19.3 Å². The second kappa shape index (κ2) is 11.0. The lowest BCUT2D eigenvalue weighted by Gasteiger charge is -2.44. The van der Waals surface area contributed by atoms with E-state index in [4.69, 9.17) is 36.7 Å². The molecule has 3 rings (SSSR count). The summed E-state index contributed by atoms with van der Waals surface area (Å²) in [5.74, 6) is 0. The van der Waals surface area contributed by atoms with Crippen LogP contribution in [0.15, 0.2) is 0 Å². The summed E-state index contributed by atoms with van der Waals surface area (Å²) in [5.41, 5.74) is 0.737. The van der Waals surface area contributed by atoms with Crippen LogP contribution in [0.2, 0.25) is 0 Å². The van der Waals surface area contributed by atoms with Crippen LogP contribution in [0.5, 0.6) is 0 Å². The Morgan fingerprint density at radius 3 is 1.00 bits per heavy atom. The van der Waals surface area contributed by atoms with Gasteiger partial charge in [0.2, 0.25) is 0 Å². The molecular formula is C24H45N3S3. The number of nitrogens with zero attached hydrogens (tertiary/aromatic N) is 3. The third-order valence-corrected chi connectivity index (χ3v) is 6.95. The molecule has 30 heavy (non-hydrogen) atoms. The van der Waals surface area contributed by atoms with E-state index in [9.17, 15) is 0 Å². The summed E-state index contributed by atoms with van der Waals surface area (Å²) in [4.78, 5) is 10.4. The summed E-state index contributed by atoms with van der Waals surface area (Å²) in [7, 11) is 0. The fourth-order valence-electron chi connectivity index (χ4n) is 3.90. The lowest BCUT2D eigenvalue weighted by molar-refractivity contribution is 0.205. The summed E-state index contributed by atoms with van der Waals surface area (Å²) in [6.45, 7) is 23.4. The van der Waals surface area contributed by atoms with Gasteiger partial charge in [-0.2, -0.15) is 0 Å². The lowest BCUT2D eigenvalue weighted by atomic mass is 10.0. The molecule has 0 saturated carbocycles. The largest absolute Gasteiger partial charge is 0.361 e. The smallest absolute Gasteiger partial charge is 0.0801 e. The monoisotopic (exact) mass is 471 g/mol. The molecule has 0 amide bonds. The SMILES string of the molecule is CC(C)(C)N1CCC1=S.CC(C)(C)N1CCCC1=S.CC(C)(C)N1CCCCC1=S. The van der Waals surface area contributed by atoms with E-state index in [1.807, 2.05) is 0 Å². The van der Waals surface area contributed by atoms with Gasteiger partial charge in [-0.15, -0.1) is 0 Å². The van der Waals surface area contributed by atoms with Gasteiger partial charge in [0.1, 0.15) is 0 Å². The Morgan fingerprint density at radius 1 is 0.467 bits per heavy atom. The summed E-state index contributed by atoms with van der Waals surface area (Å²) in [6, 6.07) is 0. The molecule has 3 heterocycles. The van der Waals surface area contributed by atoms with E-state index in [0.29, 0.717) is 0 Å². The number of thiocarbonyl (C=S) groups is 3. The minimum Gasteiger partial charge on any atom is -0.361 e. The van der Waals surface area contributed by atoms with E-state index in [1.54, 1.807) is 0 Å². The molecule has 3 fully saturated rings. The fraction of sp³-hybridized carbons (Fsp3) is 0.875. The Morgan fingerprint density at radius 2 is 0.800 bits per heavy atom. The van der Waals surface area contributed by atoms with Crippen molar-refractivity contribution in [3.63, 3.8) is 0 Å². The van der Waals surface area contributed by atoms with Crippen LogP contribution in [0, 0.1) is 0 Å². The van der Waals surface area contributed by atoms with E-state index < -0.39 is 0 Å². The van der Waals surface area contributed by atoms with Crippen molar-refractivity contribution in [2.24, 2.45) is 0 Å². The highest BCUT2D eigenvalue weighted by Gasteiger charge is 2.30. The highest BCUT2D eigenvalue weighted by Crippen LogP contribution is 2.23. The summed E-state index contributed by atoms with van der Waals surface area (Å²) < 4.78 is 0. The molecule has 0 aromatic carbocycles. The molecule has 0 atom stereocenters. The van der Waals surface area contributed by atoms with Crippen molar-refractivity contribution >= 4 is 51.6 Å². The first kappa shape index (κ1) is 27.7. The Labute approximate surface area is 202 Å². The molecule has 6 heteroatoms. The average Bonchev–Trinajstić information content (AvgIpc) is 2.99. The number of piperidine rings is 1. The standard InChI is InChI=1S/C9H17NS.C8H15NS.C7H13NS/c1-9(2,3)10-7-5-4-6-8(10)11;1-8(2,3)9-6-4-5-7(9)10;1-7(2,3)8-5-4-6(8)9/h4-7H2,1-3H3;4-6H2,1-3H3;4-5H2,1-3H3. The molecule has 0 spiro atoms. The van der Waals surface area contributed by atoms with Crippen LogP contribution in [-0.4, -0.2) is 65.9 Å². The zero-order valence-corrected chi connectivity index (χ0v) is 23.4. The van der Waals surface area contributed by atoms with Gasteiger partial charge < -0.3 is 14.7 Å². The van der Waals surface area contributed by atoms with Crippen LogP contribution in [0.3, 0.4) is 0 Å². The second-order valence-corrected chi connectivity index (χ2v) is 12.9. The van der Waals surface area contributed by atoms with Crippen LogP contribution in [0.25, 0.3) is 0 Å².